The molecule has 0 unspecified atom stereocenters. The van der Waals surface area contributed by atoms with Gasteiger partial charge in [-0.15, -0.1) is 0 Å². The molecular formula is C15H19FN2O6. The number of rotatable bonds is 5. The Balaban J connectivity index is 3.03. The number of carbonyl (C=O) groups is 2. The summed E-state index contributed by atoms with van der Waals surface area (Å²) < 4.78 is 24.1. The lowest BCUT2D eigenvalue weighted by molar-refractivity contribution is -0.385. The highest BCUT2D eigenvalue weighted by Crippen LogP contribution is 2.26. The summed E-state index contributed by atoms with van der Waals surface area (Å²) >= 11 is 0. The fourth-order valence-corrected chi connectivity index (χ4v) is 1.82. The number of nitro groups is 1. The number of nitrogens with one attached hydrogen (secondary N) is 1. The van der Waals surface area contributed by atoms with Crippen molar-refractivity contribution < 1.29 is 28.4 Å². The third-order valence-electron chi connectivity index (χ3n) is 2.82. The fourth-order valence-electron chi connectivity index (χ4n) is 1.82. The fraction of sp³-hybridized carbons (Fsp3) is 0.467. The van der Waals surface area contributed by atoms with Gasteiger partial charge in [-0.05, 0) is 26.3 Å². The Kier molecular flexibility index (Phi) is 6.21. The lowest BCUT2D eigenvalue weighted by Crippen LogP contribution is -2.46. The van der Waals surface area contributed by atoms with Crippen LogP contribution in [-0.4, -0.2) is 35.7 Å². The Hall–Kier alpha value is -2.71. The number of amides is 1. The van der Waals surface area contributed by atoms with Gasteiger partial charge >= 0.3 is 12.1 Å². The van der Waals surface area contributed by atoms with Gasteiger partial charge in [0.25, 0.3) is 5.69 Å². The second-order valence-corrected chi connectivity index (χ2v) is 5.90. The number of methoxy groups -OCH3 is 1. The summed E-state index contributed by atoms with van der Waals surface area (Å²) in [4.78, 5) is 33.6. The van der Waals surface area contributed by atoms with Gasteiger partial charge in [0.05, 0.1) is 12.0 Å². The maximum absolute atomic E-state index is 14.7. The molecule has 0 saturated carbocycles. The minimum atomic E-state index is -2.05. The Bertz CT molecular complexity index is 629. The molecule has 0 spiro atoms. The molecule has 0 fully saturated rings. The highest BCUT2D eigenvalue weighted by molar-refractivity contribution is 5.82. The number of alkyl carbamates (subject to hydrolysis) is 1. The molecule has 0 aliphatic heterocycles. The van der Waals surface area contributed by atoms with E-state index < -0.39 is 34.8 Å². The number of benzene rings is 1. The number of alkyl halides is 1. The van der Waals surface area contributed by atoms with Crippen molar-refractivity contribution in [2.75, 3.05) is 7.11 Å². The first-order valence-corrected chi connectivity index (χ1v) is 7.01. The number of esters is 1. The number of hydrogen-bond acceptors (Lipinski definition) is 6. The molecule has 8 nitrogen and oxygen atoms in total. The standard InChI is InChI=1S/C15H19FN2O6/c1-15(2,3)24-14(20)17-12(13(19)23-4)11(16)9-6-5-7-10(8-9)18(21)22/h5-8,11-12H,1-4H3,(H,17,20)/t11-,12-/m0/s1. The van der Waals surface area contributed by atoms with Gasteiger partial charge < -0.3 is 14.8 Å². The van der Waals surface area contributed by atoms with Crippen LogP contribution in [0.4, 0.5) is 14.9 Å². The minimum absolute atomic E-state index is 0.143. The molecule has 0 aliphatic carbocycles. The number of ether oxygens (including phenoxy) is 2. The molecule has 1 aromatic carbocycles. The molecule has 0 radical (unpaired) electrons. The summed E-state index contributed by atoms with van der Waals surface area (Å²) in [5.74, 6) is -1.04. The zero-order valence-electron chi connectivity index (χ0n) is 13.7. The molecule has 1 N–H and O–H groups in total. The van der Waals surface area contributed by atoms with E-state index in [0.717, 1.165) is 13.2 Å². The zero-order chi connectivity index (χ0) is 18.5. The highest BCUT2D eigenvalue weighted by atomic mass is 19.1. The van der Waals surface area contributed by atoms with Crippen LogP contribution >= 0.6 is 0 Å². The van der Waals surface area contributed by atoms with Gasteiger partial charge in [0.1, 0.15) is 5.60 Å². The molecule has 24 heavy (non-hydrogen) atoms. The number of nitrogens with zero attached hydrogens (tertiary/aromatic N) is 1. The second-order valence-electron chi connectivity index (χ2n) is 5.90. The quantitative estimate of drug-likeness (QED) is 0.501. The Morgan fingerprint density at radius 3 is 2.46 bits per heavy atom. The summed E-state index contributed by atoms with van der Waals surface area (Å²) in [6, 6.07) is 3.01. The molecule has 0 aromatic heterocycles. The third-order valence-corrected chi connectivity index (χ3v) is 2.82. The van der Waals surface area contributed by atoms with Gasteiger partial charge in [0.15, 0.2) is 12.2 Å². The Labute approximate surface area is 138 Å². The van der Waals surface area contributed by atoms with Crippen LogP contribution in [0.5, 0.6) is 0 Å². The van der Waals surface area contributed by atoms with Gasteiger partial charge in [0, 0.05) is 12.1 Å². The molecule has 1 rings (SSSR count). The van der Waals surface area contributed by atoms with Gasteiger partial charge in [-0.2, -0.15) is 0 Å². The zero-order valence-corrected chi connectivity index (χ0v) is 13.7. The summed E-state index contributed by atoms with van der Waals surface area (Å²) in [5, 5.41) is 12.9. The number of nitro benzene ring substituents is 1. The molecule has 1 aromatic rings. The maximum atomic E-state index is 14.7. The topological polar surface area (TPSA) is 108 Å². The van der Waals surface area contributed by atoms with Crippen LogP contribution in [0.1, 0.15) is 32.5 Å². The maximum Gasteiger partial charge on any atom is 0.408 e. The van der Waals surface area contributed by atoms with Gasteiger partial charge in [-0.1, -0.05) is 12.1 Å². The predicted molar refractivity (Wildman–Crippen MR) is 82.1 cm³/mol. The van der Waals surface area contributed by atoms with E-state index in [1.807, 2.05) is 0 Å². The van der Waals surface area contributed by atoms with E-state index in [0.29, 0.717) is 0 Å². The minimum Gasteiger partial charge on any atom is -0.467 e. The van der Waals surface area contributed by atoms with Crippen molar-refractivity contribution in [1.29, 1.82) is 0 Å². The first kappa shape index (κ1) is 19.3. The van der Waals surface area contributed by atoms with E-state index in [9.17, 15) is 24.1 Å². The summed E-state index contributed by atoms with van der Waals surface area (Å²) in [6.07, 6.45) is -3.06. The molecule has 1 amide bonds. The molecule has 0 bridgehead atoms. The highest BCUT2D eigenvalue weighted by Gasteiger charge is 2.34. The number of non-ortho nitro benzene ring substituents is 1. The second kappa shape index (κ2) is 7.71. The summed E-state index contributed by atoms with van der Waals surface area (Å²) in [6.45, 7) is 4.81. The molecule has 132 valence electrons. The summed E-state index contributed by atoms with van der Waals surface area (Å²) in [7, 11) is 1.03. The van der Waals surface area contributed by atoms with Crippen molar-refractivity contribution in [3.05, 3.63) is 39.9 Å². The van der Waals surface area contributed by atoms with Crippen molar-refractivity contribution in [2.24, 2.45) is 0 Å². The van der Waals surface area contributed by atoms with E-state index in [1.54, 1.807) is 20.8 Å². The lowest BCUT2D eigenvalue weighted by Gasteiger charge is -2.24. The molecule has 0 heterocycles. The first-order valence-electron chi connectivity index (χ1n) is 7.01. The monoisotopic (exact) mass is 342 g/mol. The molecular weight excluding hydrogens is 323 g/mol. The van der Waals surface area contributed by atoms with Gasteiger partial charge in [-0.25, -0.2) is 14.0 Å². The number of hydrogen-bond donors (Lipinski definition) is 1. The van der Waals surface area contributed by atoms with Crippen molar-refractivity contribution in [3.63, 3.8) is 0 Å². The van der Waals surface area contributed by atoms with E-state index in [-0.39, 0.29) is 11.3 Å². The van der Waals surface area contributed by atoms with Gasteiger partial charge in [-0.3, -0.25) is 10.1 Å². The van der Waals surface area contributed by atoms with Crippen LogP contribution in [0, 0.1) is 10.1 Å². The van der Waals surface area contributed by atoms with E-state index in [1.165, 1.54) is 18.2 Å². The van der Waals surface area contributed by atoms with E-state index in [4.69, 9.17) is 4.74 Å². The van der Waals surface area contributed by atoms with Gasteiger partial charge in [0.2, 0.25) is 0 Å². The van der Waals surface area contributed by atoms with Crippen molar-refractivity contribution in [1.82, 2.24) is 5.32 Å². The van der Waals surface area contributed by atoms with Crippen LogP contribution in [0.25, 0.3) is 0 Å². The van der Waals surface area contributed by atoms with E-state index >= 15 is 0 Å². The van der Waals surface area contributed by atoms with Crippen molar-refractivity contribution in [3.8, 4) is 0 Å². The third kappa shape index (κ3) is 5.49. The normalized spacial score (nSPS) is 13.5. The number of halogens is 1. The van der Waals surface area contributed by atoms with Crippen LogP contribution in [0.15, 0.2) is 24.3 Å². The average molecular weight is 342 g/mol. The Morgan fingerprint density at radius 1 is 1.33 bits per heavy atom. The van der Waals surface area contributed by atoms with Crippen molar-refractivity contribution in [2.45, 2.75) is 38.6 Å². The Morgan fingerprint density at radius 2 is 1.96 bits per heavy atom. The van der Waals surface area contributed by atoms with Crippen LogP contribution < -0.4 is 5.32 Å². The van der Waals surface area contributed by atoms with Crippen molar-refractivity contribution >= 4 is 17.7 Å². The van der Waals surface area contributed by atoms with Crippen LogP contribution in [0.2, 0.25) is 0 Å². The van der Waals surface area contributed by atoms with Crippen LogP contribution in [0.3, 0.4) is 0 Å². The predicted octanol–water partition coefficient (Wildman–Crippen LogP) is 2.67. The number of carbonyl (C=O) groups excluding carboxylic acids is 2. The summed E-state index contributed by atoms with van der Waals surface area (Å²) in [5.41, 5.74) is -1.33. The molecule has 0 aliphatic rings. The molecule has 2 atom stereocenters. The molecule has 9 heteroatoms. The first-order chi connectivity index (χ1) is 11.0. The smallest absolute Gasteiger partial charge is 0.408 e. The van der Waals surface area contributed by atoms with E-state index in [2.05, 4.69) is 10.1 Å². The van der Waals surface area contributed by atoms with Crippen LogP contribution in [-0.2, 0) is 14.3 Å². The SMILES string of the molecule is COC(=O)[C@@H](NC(=O)OC(C)(C)C)[C@@H](F)c1cccc([N+](=O)[O-])c1. The molecule has 0 saturated heterocycles. The average Bonchev–Trinajstić information content (AvgIpc) is 2.49. The largest absolute Gasteiger partial charge is 0.467 e. The lowest BCUT2D eigenvalue weighted by atomic mass is 10.0.